The van der Waals surface area contributed by atoms with Crippen molar-refractivity contribution in [2.45, 2.75) is 25.9 Å². The number of hydrogen-bond donors (Lipinski definition) is 1. The van der Waals surface area contributed by atoms with Crippen LogP contribution in [0.3, 0.4) is 0 Å². The van der Waals surface area contributed by atoms with Crippen molar-refractivity contribution >= 4 is 11.6 Å². The van der Waals surface area contributed by atoms with E-state index >= 15 is 0 Å². The summed E-state index contributed by atoms with van der Waals surface area (Å²) in [6.07, 6.45) is 1.86. The highest BCUT2D eigenvalue weighted by atomic mass is 35.5. The molecule has 1 aliphatic heterocycles. The van der Waals surface area contributed by atoms with Gasteiger partial charge in [0.05, 0.1) is 11.1 Å². The molecule has 1 saturated heterocycles. The van der Waals surface area contributed by atoms with Gasteiger partial charge in [0.15, 0.2) is 0 Å². The van der Waals surface area contributed by atoms with Crippen LogP contribution in [0.5, 0.6) is 0 Å². The van der Waals surface area contributed by atoms with Crippen molar-refractivity contribution in [3.05, 3.63) is 34.6 Å². The highest BCUT2D eigenvalue weighted by Crippen LogP contribution is 2.37. The van der Waals surface area contributed by atoms with E-state index < -0.39 is 0 Å². The van der Waals surface area contributed by atoms with Crippen LogP contribution in [0.2, 0.25) is 5.02 Å². The molecular formula is C13H17ClFNO. The molecule has 0 amide bonds. The minimum absolute atomic E-state index is 0.0405. The second-order valence-corrected chi connectivity index (χ2v) is 5.16. The van der Waals surface area contributed by atoms with Crippen LogP contribution in [0, 0.1) is 11.2 Å². The number of benzene rings is 1. The van der Waals surface area contributed by atoms with Gasteiger partial charge in [0.25, 0.3) is 0 Å². The summed E-state index contributed by atoms with van der Waals surface area (Å²) >= 11 is 5.79. The average molecular weight is 258 g/mol. The molecule has 0 radical (unpaired) electrons. The van der Waals surface area contributed by atoms with Crippen LogP contribution in [-0.2, 0) is 11.2 Å². The van der Waals surface area contributed by atoms with E-state index in [2.05, 4.69) is 0 Å². The van der Waals surface area contributed by atoms with Gasteiger partial charge in [0.2, 0.25) is 0 Å². The topological polar surface area (TPSA) is 35.2 Å². The van der Waals surface area contributed by atoms with Crippen LogP contribution >= 0.6 is 11.6 Å². The molecular weight excluding hydrogens is 241 g/mol. The Balaban J connectivity index is 2.21. The SMILES string of the molecule is CC1OCCC1(CN)Cc1ccc(F)c(Cl)c1. The monoisotopic (exact) mass is 257 g/mol. The number of halogens is 2. The molecule has 1 aromatic carbocycles. The van der Waals surface area contributed by atoms with Gasteiger partial charge in [-0.05, 0) is 37.5 Å². The van der Waals surface area contributed by atoms with Gasteiger partial charge in [-0.15, -0.1) is 0 Å². The van der Waals surface area contributed by atoms with Crippen molar-refractivity contribution in [3.63, 3.8) is 0 Å². The maximum absolute atomic E-state index is 13.1. The lowest BCUT2D eigenvalue weighted by Crippen LogP contribution is -2.38. The van der Waals surface area contributed by atoms with E-state index in [-0.39, 0.29) is 22.4 Å². The number of rotatable bonds is 3. The quantitative estimate of drug-likeness (QED) is 0.904. The van der Waals surface area contributed by atoms with Gasteiger partial charge in [0, 0.05) is 18.6 Å². The molecule has 0 spiro atoms. The fraction of sp³-hybridized carbons (Fsp3) is 0.538. The molecule has 0 bridgehead atoms. The largest absolute Gasteiger partial charge is 0.378 e. The fourth-order valence-electron chi connectivity index (χ4n) is 2.45. The molecule has 94 valence electrons. The van der Waals surface area contributed by atoms with Crippen molar-refractivity contribution < 1.29 is 9.13 Å². The first-order chi connectivity index (χ1) is 8.07. The van der Waals surface area contributed by atoms with Crippen LogP contribution in [0.1, 0.15) is 18.9 Å². The minimum Gasteiger partial charge on any atom is -0.378 e. The van der Waals surface area contributed by atoms with Crippen molar-refractivity contribution in [1.29, 1.82) is 0 Å². The Hall–Kier alpha value is -0.640. The second-order valence-electron chi connectivity index (χ2n) is 4.75. The summed E-state index contributed by atoms with van der Waals surface area (Å²) in [5, 5.41) is 0.168. The molecule has 2 unspecified atom stereocenters. The molecule has 2 nitrogen and oxygen atoms in total. The molecule has 1 fully saturated rings. The molecule has 1 heterocycles. The van der Waals surface area contributed by atoms with Crippen LogP contribution in [0.25, 0.3) is 0 Å². The van der Waals surface area contributed by atoms with Crippen molar-refractivity contribution in [2.75, 3.05) is 13.2 Å². The molecule has 0 aliphatic carbocycles. The number of ether oxygens (including phenoxy) is 1. The predicted octanol–water partition coefficient (Wildman–Crippen LogP) is 2.78. The lowest BCUT2D eigenvalue weighted by Gasteiger charge is -2.30. The lowest BCUT2D eigenvalue weighted by molar-refractivity contribution is 0.0673. The van der Waals surface area contributed by atoms with Gasteiger partial charge in [-0.2, -0.15) is 0 Å². The van der Waals surface area contributed by atoms with Crippen LogP contribution in [0.4, 0.5) is 4.39 Å². The normalized spacial score (nSPS) is 28.6. The summed E-state index contributed by atoms with van der Waals surface area (Å²) in [6.45, 7) is 3.36. The summed E-state index contributed by atoms with van der Waals surface area (Å²) in [5.41, 5.74) is 6.86. The molecule has 0 aromatic heterocycles. The predicted molar refractivity (Wildman–Crippen MR) is 66.6 cm³/mol. The summed E-state index contributed by atoms with van der Waals surface area (Å²) in [6, 6.07) is 4.85. The van der Waals surface area contributed by atoms with Crippen molar-refractivity contribution in [3.8, 4) is 0 Å². The van der Waals surface area contributed by atoms with Crippen LogP contribution in [-0.4, -0.2) is 19.3 Å². The Morgan fingerprint density at radius 1 is 1.59 bits per heavy atom. The van der Waals surface area contributed by atoms with Gasteiger partial charge in [-0.25, -0.2) is 4.39 Å². The Morgan fingerprint density at radius 2 is 2.35 bits per heavy atom. The Morgan fingerprint density at radius 3 is 2.88 bits per heavy atom. The highest BCUT2D eigenvalue weighted by molar-refractivity contribution is 6.30. The lowest BCUT2D eigenvalue weighted by atomic mass is 9.76. The molecule has 4 heteroatoms. The van der Waals surface area contributed by atoms with Gasteiger partial charge >= 0.3 is 0 Å². The van der Waals surface area contributed by atoms with E-state index in [0.29, 0.717) is 6.54 Å². The van der Waals surface area contributed by atoms with Gasteiger partial charge < -0.3 is 10.5 Å². The first-order valence-corrected chi connectivity index (χ1v) is 6.21. The molecule has 1 aliphatic rings. The minimum atomic E-state index is -0.382. The van der Waals surface area contributed by atoms with Gasteiger partial charge in [-0.1, -0.05) is 17.7 Å². The summed E-state index contributed by atoms with van der Waals surface area (Å²) in [7, 11) is 0. The third kappa shape index (κ3) is 2.46. The molecule has 17 heavy (non-hydrogen) atoms. The van der Waals surface area contributed by atoms with Crippen molar-refractivity contribution in [2.24, 2.45) is 11.1 Å². The van der Waals surface area contributed by atoms with Gasteiger partial charge in [0.1, 0.15) is 5.82 Å². The summed E-state index contributed by atoms with van der Waals surface area (Å²) in [5.74, 6) is -0.382. The van der Waals surface area contributed by atoms with E-state index in [1.165, 1.54) is 6.07 Å². The Labute approximate surface area is 106 Å². The maximum atomic E-state index is 13.1. The first-order valence-electron chi connectivity index (χ1n) is 5.83. The zero-order valence-electron chi connectivity index (χ0n) is 9.88. The molecule has 1 aromatic rings. The standard InChI is InChI=1S/C13H17ClFNO/c1-9-13(8-16,4-5-17-9)7-10-2-3-12(15)11(14)6-10/h2-3,6,9H,4-5,7-8,16H2,1H3. The van der Waals surface area contributed by atoms with E-state index in [1.54, 1.807) is 12.1 Å². The number of nitrogens with two attached hydrogens (primary N) is 1. The first kappa shape index (κ1) is 12.8. The number of hydrogen-bond acceptors (Lipinski definition) is 2. The third-order valence-electron chi connectivity index (χ3n) is 3.78. The van der Waals surface area contributed by atoms with E-state index in [4.69, 9.17) is 22.1 Å². The second kappa shape index (κ2) is 4.92. The molecule has 2 atom stereocenters. The molecule has 2 rings (SSSR count). The average Bonchev–Trinajstić information content (AvgIpc) is 2.66. The van der Waals surface area contributed by atoms with Crippen LogP contribution in [0.15, 0.2) is 18.2 Å². The van der Waals surface area contributed by atoms with Gasteiger partial charge in [-0.3, -0.25) is 0 Å². The zero-order chi connectivity index (χ0) is 12.5. The summed E-state index contributed by atoms with van der Waals surface area (Å²) < 4.78 is 18.7. The maximum Gasteiger partial charge on any atom is 0.141 e. The van der Waals surface area contributed by atoms with E-state index in [0.717, 1.165) is 25.0 Å². The van der Waals surface area contributed by atoms with Crippen LogP contribution < -0.4 is 5.73 Å². The van der Waals surface area contributed by atoms with E-state index in [9.17, 15) is 4.39 Å². The zero-order valence-corrected chi connectivity index (χ0v) is 10.6. The van der Waals surface area contributed by atoms with Crippen molar-refractivity contribution in [1.82, 2.24) is 0 Å². The highest BCUT2D eigenvalue weighted by Gasteiger charge is 2.40. The Kier molecular flexibility index (Phi) is 3.71. The fourth-order valence-corrected chi connectivity index (χ4v) is 2.65. The smallest absolute Gasteiger partial charge is 0.141 e. The third-order valence-corrected chi connectivity index (χ3v) is 4.07. The molecule has 2 N–H and O–H groups in total. The molecule has 0 saturated carbocycles. The Bertz CT molecular complexity index is 412. The van der Waals surface area contributed by atoms with E-state index in [1.807, 2.05) is 6.92 Å². The summed E-state index contributed by atoms with van der Waals surface area (Å²) in [4.78, 5) is 0.